The molecule has 110 valence electrons. The summed E-state index contributed by atoms with van der Waals surface area (Å²) in [5.74, 6) is 1.25. The van der Waals surface area contributed by atoms with E-state index in [2.05, 4.69) is 22.2 Å². The molecule has 0 aliphatic carbocycles. The van der Waals surface area contributed by atoms with Crippen molar-refractivity contribution in [3.05, 3.63) is 24.5 Å². The van der Waals surface area contributed by atoms with Gasteiger partial charge in [0.25, 0.3) is 5.91 Å². The number of likely N-dealkylation sites (tertiary alicyclic amines) is 1. The first-order valence-electron chi connectivity index (χ1n) is 7.22. The molecule has 1 aromatic heterocycles. The highest BCUT2D eigenvalue weighted by Gasteiger charge is 2.16. The Hall–Kier alpha value is -1.62. The molecule has 0 aromatic carbocycles. The highest BCUT2D eigenvalue weighted by molar-refractivity contribution is 5.77. The van der Waals surface area contributed by atoms with Crippen LogP contribution >= 0.6 is 0 Å². The lowest BCUT2D eigenvalue weighted by molar-refractivity contribution is -0.123. The Kier molecular flexibility index (Phi) is 5.80. The normalized spacial score (nSPS) is 19.6. The lowest BCUT2D eigenvalue weighted by atomic mass is 9.95. The minimum absolute atomic E-state index is 0.0518. The second-order valence-corrected chi connectivity index (χ2v) is 5.39. The molecule has 1 atom stereocenters. The number of aromatic nitrogens is 1. The van der Waals surface area contributed by atoms with Crippen LogP contribution in [-0.2, 0) is 4.79 Å². The van der Waals surface area contributed by atoms with Crippen LogP contribution in [0.2, 0.25) is 0 Å². The molecule has 1 fully saturated rings. The largest absolute Gasteiger partial charge is 0.482 e. The van der Waals surface area contributed by atoms with Gasteiger partial charge in [-0.3, -0.25) is 9.78 Å². The Morgan fingerprint density at radius 1 is 1.60 bits per heavy atom. The maximum absolute atomic E-state index is 11.7. The van der Waals surface area contributed by atoms with Gasteiger partial charge in [-0.15, -0.1) is 0 Å². The molecule has 0 unspecified atom stereocenters. The van der Waals surface area contributed by atoms with Crippen LogP contribution < -0.4 is 10.1 Å². The summed E-state index contributed by atoms with van der Waals surface area (Å²) >= 11 is 0. The van der Waals surface area contributed by atoms with Crippen LogP contribution in [0.3, 0.4) is 0 Å². The summed E-state index contributed by atoms with van der Waals surface area (Å²) in [5.41, 5.74) is 0. The van der Waals surface area contributed by atoms with E-state index in [1.807, 2.05) is 0 Å². The van der Waals surface area contributed by atoms with Gasteiger partial charge in [0.2, 0.25) is 0 Å². The van der Waals surface area contributed by atoms with Gasteiger partial charge >= 0.3 is 0 Å². The topological polar surface area (TPSA) is 54.5 Å². The van der Waals surface area contributed by atoms with E-state index in [1.54, 1.807) is 24.5 Å². The third-order valence-corrected chi connectivity index (χ3v) is 3.60. The van der Waals surface area contributed by atoms with Crippen molar-refractivity contribution in [3.63, 3.8) is 0 Å². The van der Waals surface area contributed by atoms with Crippen LogP contribution in [0.5, 0.6) is 5.75 Å². The standard InChI is InChI=1S/C15H23N3O2/c1-18-9-3-4-13(11-18)6-8-17-15(19)12-20-14-5-2-7-16-10-14/h2,5,7,10,13H,3-4,6,8-9,11-12H2,1H3,(H,17,19)/t13-/m1/s1. The van der Waals surface area contributed by atoms with E-state index < -0.39 is 0 Å². The number of hydrogen-bond acceptors (Lipinski definition) is 4. The monoisotopic (exact) mass is 277 g/mol. The molecule has 1 amide bonds. The molecule has 5 heteroatoms. The zero-order chi connectivity index (χ0) is 14.2. The third kappa shape index (κ3) is 5.17. The summed E-state index contributed by atoms with van der Waals surface area (Å²) < 4.78 is 5.34. The summed E-state index contributed by atoms with van der Waals surface area (Å²) in [6, 6.07) is 3.57. The Labute approximate surface area is 120 Å². The van der Waals surface area contributed by atoms with Gasteiger partial charge in [0.15, 0.2) is 6.61 Å². The lowest BCUT2D eigenvalue weighted by Gasteiger charge is -2.29. The summed E-state index contributed by atoms with van der Waals surface area (Å²) in [5, 5.41) is 2.91. The van der Waals surface area contributed by atoms with Crippen molar-refractivity contribution in [2.24, 2.45) is 5.92 Å². The van der Waals surface area contributed by atoms with E-state index in [-0.39, 0.29) is 12.5 Å². The average molecular weight is 277 g/mol. The van der Waals surface area contributed by atoms with Crippen LogP contribution in [0.15, 0.2) is 24.5 Å². The fraction of sp³-hybridized carbons (Fsp3) is 0.600. The van der Waals surface area contributed by atoms with Crippen molar-refractivity contribution in [2.75, 3.05) is 33.3 Å². The summed E-state index contributed by atoms with van der Waals surface area (Å²) in [7, 11) is 2.16. The minimum atomic E-state index is -0.0713. The summed E-state index contributed by atoms with van der Waals surface area (Å²) in [4.78, 5) is 17.9. The van der Waals surface area contributed by atoms with Crippen LogP contribution in [0.4, 0.5) is 0 Å². The van der Waals surface area contributed by atoms with E-state index in [9.17, 15) is 4.79 Å². The van der Waals surface area contributed by atoms with Crippen LogP contribution in [0, 0.1) is 5.92 Å². The first-order valence-corrected chi connectivity index (χ1v) is 7.22. The van der Waals surface area contributed by atoms with Gasteiger partial charge in [0.05, 0.1) is 6.20 Å². The van der Waals surface area contributed by atoms with Gasteiger partial charge in [-0.25, -0.2) is 0 Å². The smallest absolute Gasteiger partial charge is 0.257 e. The molecule has 1 aliphatic rings. The predicted octanol–water partition coefficient (Wildman–Crippen LogP) is 1.31. The number of nitrogens with zero attached hydrogens (tertiary/aromatic N) is 2. The molecule has 0 spiro atoms. The molecule has 2 heterocycles. The molecule has 1 N–H and O–H groups in total. The molecule has 20 heavy (non-hydrogen) atoms. The fourth-order valence-corrected chi connectivity index (χ4v) is 2.56. The Balaban J connectivity index is 1.58. The summed E-state index contributed by atoms with van der Waals surface area (Å²) in [6.07, 6.45) is 6.86. The van der Waals surface area contributed by atoms with E-state index in [1.165, 1.54) is 19.4 Å². The number of carbonyl (C=O) groups excluding carboxylic acids is 1. The van der Waals surface area contributed by atoms with Gasteiger partial charge in [-0.2, -0.15) is 0 Å². The first-order chi connectivity index (χ1) is 9.74. The Bertz CT molecular complexity index is 411. The number of ether oxygens (including phenoxy) is 1. The van der Waals surface area contributed by atoms with Gasteiger partial charge in [0, 0.05) is 19.3 Å². The number of piperidine rings is 1. The van der Waals surface area contributed by atoms with Gasteiger partial charge in [-0.05, 0) is 50.9 Å². The molecule has 0 saturated carbocycles. The van der Waals surface area contributed by atoms with Gasteiger partial charge < -0.3 is 15.0 Å². The average Bonchev–Trinajstić information content (AvgIpc) is 2.46. The Morgan fingerprint density at radius 3 is 3.25 bits per heavy atom. The number of amides is 1. The predicted molar refractivity (Wildman–Crippen MR) is 77.6 cm³/mol. The highest BCUT2D eigenvalue weighted by Crippen LogP contribution is 2.17. The van der Waals surface area contributed by atoms with Crippen LogP contribution in [0.25, 0.3) is 0 Å². The molecule has 1 aliphatic heterocycles. The maximum atomic E-state index is 11.7. The molecular formula is C15H23N3O2. The molecule has 0 radical (unpaired) electrons. The second kappa shape index (κ2) is 7.85. The van der Waals surface area contributed by atoms with Crippen molar-refractivity contribution < 1.29 is 9.53 Å². The molecule has 2 rings (SSSR count). The number of hydrogen-bond donors (Lipinski definition) is 1. The maximum Gasteiger partial charge on any atom is 0.257 e. The quantitative estimate of drug-likeness (QED) is 0.852. The van der Waals surface area contributed by atoms with Crippen molar-refractivity contribution in [3.8, 4) is 5.75 Å². The number of rotatable bonds is 6. The molecule has 5 nitrogen and oxygen atoms in total. The van der Waals surface area contributed by atoms with E-state index >= 15 is 0 Å². The van der Waals surface area contributed by atoms with Gasteiger partial charge in [-0.1, -0.05) is 0 Å². The molecular weight excluding hydrogens is 254 g/mol. The second-order valence-electron chi connectivity index (χ2n) is 5.39. The molecule has 1 aromatic rings. The third-order valence-electron chi connectivity index (χ3n) is 3.60. The summed E-state index contributed by atoms with van der Waals surface area (Å²) in [6.45, 7) is 3.12. The molecule has 1 saturated heterocycles. The van der Waals surface area contributed by atoms with Crippen LogP contribution in [0.1, 0.15) is 19.3 Å². The van der Waals surface area contributed by atoms with E-state index in [4.69, 9.17) is 4.74 Å². The zero-order valence-electron chi connectivity index (χ0n) is 12.0. The first kappa shape index (κ1) is 14.8. The number of pyridine rings is 1. The van der Waals surface area contributed by atoms with E-state index in [0.717, 1.165) is 19.5 Å². The minimum Gasteiger partial charge on any atom is -0.482 e. The number of nitrogens with one attached hydrogen (secondary N) is 1. The Morgan fingerprint density at radius 2 is 2.50 bits per heavy atom. The van der Waals surface area contributed by atoms with Crippen LogP contribution in [-0.4, -0.2) is 49.1 Å². The van der Waals surface area contributed by atoms with Crippen molar-refractivity contribution in [1.82, 2.24) is 15.2 Å². The number of carbonyl (C=O) groups is 1. The molecule has 0 bridgehead atoms. The van der Waals surface area contributed by atoms with Crippen molar-refractivity contribution in [2.45, 2.75) is 19.3 Å². The van der Waals surface area contributed by atoms with Crippen molar-refractivity contribution >= 4 is 5.91 Å². The SMILES string of the molecule is CN1CCC[C@H](CCNC(=O)COc2cccnc2)C1. The zero-order valence-corrected chi connectivity index (χ0v) is 12.0. The fourth-order valence-electron chi connectivity index (χ4n) is 2.56. The van der Waals surface area contributed by atoms with Gasteiger partial charge in [0.1, 0.15) is 5.75 Å². The highest BCUT2D eigenvalue weighted by atomic mass is 16.5. The lowest BCUT2D eigenvalue weighted by Crippen LogP contribution is -2.35. The van der Waals surface area contributed by atoms with Crippen molar-refractivity contribution in [1.29, 1.82) is 0 Å². The van der Waals surface area contributed by atoms with E-state index in [0.29, 0.717) is 11.7 Å².